The number of halogens is 2. The monoisotopic (exact) mass is 443 g/mol. The van der Waals surface area contributed by atoms with Gasteiger partial charge in [-0.1, -0.05) is 19.1 Å². The molecule has 1 aromatic carbocycles. The standard InChI is InChI=1S/C19H23F2N3O5S/c1-17(8-3-9-19(20,21)10-17)11-30(28,29)24-14(25)12-4-6-13(7-5-12)18(2)15(26)22-16(27)23-18/h4-7H,3,8-11H2,1-2H3,(H,24,25)(H2,22,23,26,27). The van der Waals surface area contributed by atoms with Crippen LogP contribution in [0, 0.1) is 5.41 Å². The molecule has 1 saturated carbocycles. The number of carbonyl (C=O) groups excluding carboxylic acids is 3. The van der Waals surface area contributed by atoms with Crippen LogP contribution in [0.25, 0.3) is 0 Å². The van der Waals surface area contributed by atoms with Crippen LogP contribution in [-0.2, 0) is 20.4 Å². The number of sulfonamides is 1. The first-order valence-corrected chi connectivity index (χ1v) is 11.1. The number of amides is 4. The molecule has 1 heterocycles. The molecule has 2 unspecified atom stereocenters. The zero-order chi connectivity index (χ0) is 22.4. The molecule has 0 aromatic heterocycles. The highest BCUT2D eigenvalue weighted by Crippen LogP contribution is 2.44. The number of urea groups is 1. The van der Waals surface area contributed by atoms with Gasteiger partial charge in [0, 0.05) is 18.4 Å². The first-order valence-electron chi connectivity index (χ1n) is 9.41. The third kappa shape index (κ3) is 4.61. The van der Waals surface area contributed by atoms with Gasteiger partial charge in [0.15, 0.2) is 0 Å². The molecular formula is C19H23F2N3O5S. The van der Waals surface area contributed by atoms with Gasteiger partial charge >= 0.3 is 6.03 Å². The van der Waals surface area contributed by atoms with Gasteiger partial charge < -0.3 is 5.32 Å². The van der Waals surface area contributed by atoms with Crippen molar-refractivity contribution in [2.24, 2.45) is 5.41 Å². The lowest BCUT2D eigenvalue weighted by Crippen LogP contribution is -2.43. The second-order valence-electron chi connectivity index (χ2n) is 8.50. The number of rotatable bonds is 5. The summed E-state index contributed by atoms with van der Waals surface area (Å²) in [4.78, 5) is 35.7. The molecule has 11 heteroatoms. The Kier molecular flexibility index (Phi) is 5.38. The first kappa shape index (κ1) is 22.1. The Hall–Kier alpha value is -2.56. The molecule has 1 saturated heterocycles. The van der Waals surface area contributed by atoms with Crippen LogP contribution in [-0.4, -0.2) is 37.9 Å². The first-order chi connectivity index (χ1) is 13.7. The number of nitrogens with one attached hydrogen (secondary N) is 3. The van der Waals surface area contributed by atoms with Crippen LogP contribution in [0.4, 0.5) is 13.6 Å². The topological polar surface area (TPSA) is 121 Å². The quantitative estimate of drug-likeness (QED) is 0.601. The molecular weight excluding hydrogens is 420 g/mol. The Bertz CT molecular complexity index is 996. The van der Waals surface area contributed by atoms with E-state index in [-0.39, 0.29) is 18.4 Å². The minimum absolute atomic E-state index is 0.00906. The lowest BCUT2D eigenvalue weighted by molar-refractivity contribution is -0.123. The van der Waals surface area contributed by atoms with E-state index >= 15 is 0 Å². The average Bonchev–Trinajstić information content (AvgIpc) is 2.85. The number of alkyl halides is 2. The average molecular weight is 443 g/mol. The lowest BCUT2D eigenvalue weighted by Gasteiger charge is -2.37. The summed E-state index contributed by atoms with van der Waals surface area (Å²) in [7, 11) is -4.15. The summed E-state index contributed by atoms with van der Waals surface area (Å²) in [5.74, 6) is -4.95. The van der Waals surface area contributed by atoms with E-state index in [9.17, 15) is 31.6 Å². The van der Waals surface area contributed by atoms with E-state index in [0.717, 1.165) is 0 Å². The molecule has 1 aliphatic carbocycles. The molecule has 1 aliphatic heterocycles. The zero-order valence-corrected chi connectivity index (χ0v) is 17.4. The maximum Gasteiger partial charge on any atom is 0.322 e. The zero-order valence-electron chi connectivity index (χ0n) is 16.6. The second kappa shape index (κ2) is 7.29. The van der Waals surface area contributed by atoms with Crippen LogP contribution in [0.5, 0.6) is 0 Å². The van der Waals surface area contributed by atoms with Crippen molar-refractivity contribution in [2.75, 3.05) is 5.75 Å². The minimum Gasteiger partial charge on any atom is -0.320 e. The van der Waals surface area contributed by atoms with E-state index in [1.54, 1.807) is 0 Å². The third-order valence-corrected chi connectivity index (χ3v) is 7.14. The van der Waals surface area contributed by atoms with E-state index in [2.05, 4.69) is 10.6 Å². The molecule has 8 nitrogen and oxygen atoms in total. The fourth-order valence-electron chi connectivity index (χ4n) is 4.09. The predicted molar refractivity (Wildman–Crippen MR) is 103 cm³/mol. The molecule has 30 heavy (non-hydrogen) atoms. The van der Waals surface area contributed by atoms with E-state index in [0.29, 0.717) is 12.0 Å². The van der Waals surface area contributed by atoms with Gasteiger partial charge in [0.05, 0.1) is 5.75 Å². The van der Waals surface area contributed by atoms with Crippen molar-refractivity contribution in [2.45, 2.75) is 51.0 Å². The van der Waals surface area contributed by atoms with Crippen molar-refractivity contribution in [1.29, 1.82) is 0 Å². The number of hydrogen-bond donors (Lipinski definition) is 3. The largest absolute Gasteiger partial charge is 0.322 e. The van der Waals surface area contributed by atoms with Gasteiger partial charge in [-0.05, 0) is 42.9 Å². The lowest BCUT2D eigenvalue weighted by atomic mass is 9.75. The summed E-state index contributed by atoms with van der Waals surface area (Å²) in [6, 6.07) is 4.85. The van der Waals surface area contributed by atoms with Crippen molar-refractivity contribution < 1.29 is 31.6 Å². The summed E-state index contributed by atoms with van der Waals surface area (Å²) in [5.41, 5.74) is -2.02. The predicted octanol–water partition coefficient (Wildman–Crippen LogP) is 2.02. The van der Waals surface area contributed by atoms with Crippen LogP contribution in [0.2, 0.25) is 0 Å². The molecule has 0 spiro atoms. The van der Waals surface area contributed by atoms with Crippen LogP contribution in [0.15, 0.2) is 24.3 Å². The van der Waals surface area contributed by atoms with Crippen molar-refractivity contribution >= 4 is 27.9 Å². The normalized spacial score (nSPS) is 28.5. The van der Waals surface area contributed by atoms with Gasteiger partial charge in [-0.25, -0.2) is 26.7 Å². The summed E-state index contributed by atoms with van der Waals surface area (Å²) in [6.45, 7) is 2.98. The molecule has 2 fully saturated rings. The van der Waals surface area contributed by atoms with Crippen molar-refractivity contribution in [3.63, 3.8) is 0 Å². The van der Waals surface area contributed by atoms with Gasteiger partial charge in [-0.3, -0.25) is 14.9 Å². The number of benzene rings is 1. The molecule has 0 bridgehead atoms. The van der Waals surface area contributed by atoms with Gasteiger partial charge in [-0.2, -0.15) is 0 Å². The Morgan fingerprint density at radius 2 is 1.77 bits per heavy atom. The number of carbonyl (C=O) groups is 3. The van der Waals surface area contributed by atoms with Crippen LogP contribution in [0.1, 0.15) is 55.5 Å². The maximum absolute atomic E-state index is 13.7. The smallest absolute Gasteiger partial charge is 0.320 e. The Labute approximate surface area is 172 Å². The molecule has 3 N–H and O–H groups in total. The summed E-state index contributed by atoms with van der Waals surface area (Å²) in [5, 5.41) is 4.60. The van der Waals surface area contributed by atoms with Crippen molar-refractivity contribution in [3.05, 3.63) is 35.4 Å². The molecule has 164 valence electrons. The van der Waals surface area contributed by atoms with Gasteiger partial charge in [-0.15, -0.1) is 0 Å². The second-order valence-corrected chi connectivity index (χ2v) is 10.2. The highest BCUT2D eigenvalue weighted by Gasteiger charge is 2.45. The summed E-state index contributed by atoms with van der Waals surface area (Å²) >= 11 is 0. The summed E-state index contributed by atoms with van der Waals surface area (Å²) < 4.78 is 54.2. The number of hydrogen-bond acceptors (Lipinski definition) is 5. The van der Waals surface area contributed by atoms with Crippen molar-refractivity contribution in [1.82, 2.24) is 15.4 Å². The molecule has 0 radical (unpaired) electrons. The molecule has 1 aromatic rings. The van der Waals surface area contributed by atoms with Crippen LogP contribution < -0.4 is 15.4 Å². The SMILES string of the molecule is CC1(CS(=O)(=O)NC(=O)c2ccc(C3(C)NC(=O)NC3=O)cc2)CCCC(F)(F)C1. The van der Waals surface area contributed by atoms with Crippen molar-refractivity contribution in [3.8, 4) is 0 Å². The van der Waals surface area contributed by atoms with Gasteiger partial charge in [0.25, 0.3) is 11.8 Å². The molecule has 2 atom stereocenters. The summed E-state index contributed by atoms with van der Waals surface area (Å²) in [6.07, 6.45) is -0.259. The maximum atomic E-state index is 13.7. The number of imide groups is 1. The van der Waals surface area contributed by atoms with Gasteiger partial charge in [0.2, 0.25) is 15.9 Å². The van der Waals surface area contributed by atoms with E-state index < -0.39 is 56.9 Å². The Morgan fingerprint density at radius 3 is 2.30 bits per heavy atom. The third-order valence-electron chi connectivity index (χ3n) is 5.56. The Balaban J connectivity index is 1.70. The van der Waals surface area contributed by atoms with Crippen LogP contribution >= 0.6 is 0 Å². The highest BCUT2D eigenvalue weighted by atomic mass is 32.2. The van der Waals surface area contributed by atoms with E-state index in [4.69, 9.17) is 0 Å². The fraction of sp³-hybridized carbons (Fsp3) is 0.526. The highest BCUT2D eigenvalue weighted by molar-refractivity contribution is 7.90. The Morgan fingerprint density at radius 1 is 1.13 bits per heavy atom. The van der Waals surface area contributed by atoms with E-state index in [1.807, 2.05) is 4.72 Å². The minimum atomic E-state index is -4.15. The van der Waals surface area contributed by atoms with Crippen LogP contribution in [0.3, 0.4) is 0 Å². The molecule has 2 aliphatic rings. The van der Waals surface area contributed by atoms with E-state index in [1.165, 1.54) is 38.1 Å². The van der Waals surface area contributed by atoms with Gasteiger partial charge in [0.1, 0.15) is 5.54 Å². The fourth-order valence-corrected chi connectivity index (χ4v) is 5.73. The molecule has 3 rings (SSSR count). The molecule has 4 amide bonds.